The standard InChI is InChI=1S/C8H9NO4.Mg.2H/c10-6-2-1-4-3-5(8(12)13)7(11)9(4)6;;;/h4-5H,1-3H2,(H,12,13);;;/q;+2;2*-1. The van der Waals surface area contributed by atoms with Gasteiger partial charge in [-0.2, -0.15) is 0 Å². The molecule has 0 bridgehead atoms. The Bertz CT molecular complexity index is 312. The van der Waals surface area contributed by atoms with Crippen molar-refractivity contribution in [3.8, 4) is 0 Å². The van der Waals surface area contributed by atoms with Crippen LogP contribution < -0.4 is 0 Å². The molecule has 74 valence electrons. The van der Waals surface area contributed by atoms with E-state index in [-0.39, 0.29) is 37.9 Å². The van der Waals surface area contributed by atoms with E-state index in [1.54, 1.807) is 0 Å². The molecule has 5 nitrogen and oxygen atoms in total. The van der Waals surface area contributed by atoms with Gasteiger partial charge >= 0.3 is 29.0 Å². The minimum absolute atomic E-state index is 0. The van der Waals surface area contributed by atoms with Crippen LogP contribution in [0, 0.1) is 5.92 Å². The molecule has 0 spiro atoms. The number of carboxylic acid groups (broad SMARTS) is 1. The van der Waals surface area contributed by atoms with E-state index in [9.17, 15) is 14.4 Å². The molecule has 0 aromatic rings. The summed E-state index contributed by atoms with van der Waals surface area (Å²) in [6, 6.07) is -0.152. The summed E-state index contributed by atoms with van der Waals surface area (Å²) in [6.07, 6.45) is 1.29. The zero-order valence-electron chi connectivity index (χ0n) is 9.60. The molecular formula is C8H11MgNO4. The first kappa shape index (κ1) is 11.5. The summed E-state index contributed by atoms with van der Waals surface area (Å²) in [5.74, 6) is -2.86. The Balaban J connectivity index is 0. The van der Waals surface area contributed by atoms with Crippen LogP contribution in [0.4, 0.5) is 0 Å². The van der Waals surface area contributed by atoms with Crippen molar-refractivity contribution >= 4 is 40.8 Å². The molecule has 2 aliphatic heterocycles. The number of hydrogen-bond acceptors (Lipinski definition) is 3. The van der Waals surface area contributed by atoms with E-state index in [2.05, 4.69) is 0 Å². The van der Waals surface area contributed by atoms with Gasteiger partial charge in [0, 0.05) is 12.5 Å². The summed E-state index contributed by atoms with van der Waals surface area (Å²) in [6.45, 7) is 0. The second kappa shape index (κ2) is 3.86. The van der Waals surface area contributed by atoms with Crippen molar-refractivity contribution in [3.05, 3.63) is 0 Å². The average molecular weight is 209 g/mol. The first-order valence-corrected chi connectivity index (χ1v) is 4.20. The number of imide groups is 1. The van der Waals surface area contributed by atoms with Crippen LogP contribution in [0.15, 0.2) is 0 Å². The summed E-state index contributed by atoms with van der Waals surface area (Å²) in [4.78, 5) is 34.2. The van der Waals surface area contributed by atoms with Crippen LogP contribution in [0.1, 0.15) is 22.1 Å². The number of nitrogens with zero attached hydrogens (tertiary/aromatic N) is 1. The van der Waals surface area contributed by atoms with Gasteiger partial charge in [-0.3, -0.25) is 19.3 Å². The van der Waals surface area contributed by atoms with Gasteiger partial charge in [0.15, 0.2) is 0 Å². The fourth-order valence-electron chi connectivity index (χ4n) is 2.02. The van der Waals surface area contributed by atoms with Gasteiger partial charge in [0.25, 0.3) is 0 Å². The second-order valence-electron chi connectivity index (χ2n) is 3.42. The number of aliphatic carboxylic acids is 1. The van der Waals surface area contributed by atoms with Gasteiger partial charge in [-0.15, -0.1) is 0 Å². The largest absolute Gasteiger partial charge is 2.00 e. The summed E-state index contributed by atoms with van der Waals surface area (Å²) < 4.78 is 0. The molecule has 0 aromatic carbocycles. The minimum atomic E-state index is -1.12. The van der Waals surface area contributed by atoms with E-state index in [0.717, 1.165) is 4.90 Å². The van der Waals surface area contributed by atoms with Crippen LogP contribution in [0.25, 0.3) is 0 Å². The molecule has 2 aliphatic rings. The maximum Gasteiger partial charge on any atom is 2.00 e. The van der Waals surface area contributed by atoms with Crippen molar-refractivity contribution in [3.63, 3.8) is 0 Å². The SMILES string of the molecule is O=C(O)C1CC2CCC(=O)N2C1=O.[H-].[H-].[Mg+2]. The van der Waals surface area contributed by atoms with Crippen molar-refractivity contribution in [1.82, 2.24) is 4.90 Å². The number of hydrogen-bond donors (Lipinski definition) is 1. The fraction of sp³-hybridized carbons (Fsp3) is 0.625. The summed E-state index contributed by atoms with van der Waals surface area (Å²) >= 11 is 0. The van der Waals surface area contributed by atoms with Crippen molar-refractivity contribution in [2.75, 3.05) is 0 Å². The van der Waals surface area contributed by atoms with Crippen LogP contribution >= 0.6 is 0 Å². The van der Waals surface area contributed by atoms with Crippen LogP contribution in [-0.4, -0.2) is 56.9 Å². The van der Waals surface area contributed by atoms with E-state index in [1.807, 2.05) is 0 Å². The molecular weight excluding hydrogens is 198 g/mol. The van der Waals surface area contributed by atoms with E-state index in [0.29, 0.717) is 19.3 Å². The second-order valence-corrected chi connectivity index (χ2v) is 3.42. The van der Waals surface area contributed by atoms with Gasteiger partial charge in [-0.05, 0) is 12.8 Å². The van der Waals surface area contributed by atoms with Crippen molar-refractivity contribution in [2.24, 2.45) is 5.92 Å². The fourth-order valence-corrected chi connectivity index (χ4v) is 2.02. The predicted octanol–water partition coefficient (Wildman–Crippen LogP) is -0.547. The quantitative estimate of drug-likeness (QED) is 0.357. The molecule has 2 unspecified atom stereocenters. The molecule has 0 aliphatic carbocycles. The van der Waals surface area contributed by atoms with Gasteiger partial charge < -0.3 is 7.96 Å². The third-order valence-corrected chi connectivity index (χ3v) is 2.67. The predicted molar refractivity (Wildman–Crippen MR) is 48.6 cm³/mol. The number of carbonyl (C=O) groups excluding carboxylic acids is 2. The zero-order valence-corrected chi connectivity index (χ0v) is 9.02. The van der Waals surface area contributed by atoms with Crippen LogP contribution in [0.5, 0.6) is 0 Å². The maximum atomic E-state index is 11.4. The normalized spacial score (nSPS) is 30.1. The molecule has 0 aromatic heterocycles. The monoisotopic (exact) mass is 209 g/mol. The Morgan fingerprint density at radius 3 is 2.64 bits per heavy atom. The topological polar surface area (TPSA) is 74.7 Å². The third-order valence-electron chi connectivity index (χ3n) is 2.67. The molecule has 2 saturated heterocycles. The minimum Gasteiger partial charge on any atom is -1.00 e. The van der Waals surface area contributed by atoms with E-state index >= 15 is 0 Å². The van der Waals surface area contributed by atoms with Crippen LogP contribution in [0.2, 0.25) is 0 Å². The molecule has 2 atom stereocenters. The number of carbonyl (C=O) groups is 3. The molecule has 2 heterocycles. The Kier molecular flexibility index (Phi) is 3.16. The molecule has 2 rings (SSSR count). The Morgan fingerprint density at radius 1 is 1.50 bits per heavy atom. The molecule has 1 N–H and O–H groups in total. The zero-order chi connectivity index (χ0) is 9.59. The van der Waals surface area contributed by atoms with Gasteiger partial charge in [-0.1, -0.05) is 0 Å². The summed E-state index contributed by atoms with van der Waals surface area (Å²) in [5.41, 5.74) is 0. The Hall–Kier alpha value is -0.624. The molecule has 2 amide bonds. The first-order valence-electron chi connectivity index (χ1n) is 4.20. The number of fused-ring (bicyclic) bond motifs is 1. The van der Waals surface area contributed by atoms with Crippen molar-refractivity contribution in [2.45, 2.75) is 25.3 Å². The van der Waals surface area contributed by atoms with Gasteiger partial charge in [-0.25, -0.2) is 0 Å². The van der Waals surface area contributed by atoms with Gasteiger partial charge in [0.05, 0.1) is 0 Å². The van der Waals surface area contributed by atoms with Crippen LogP contribution in [-0.2, 0) is 14.4 Å². The third kappa shape index (κ3) is 1.52. The van der Waals surface area contributed by atoms with Crippen molar-refractivity contribution < 1.29 is 22.3 Å². The van der Waals surface area contributed by atoms with Crippen LogP contribution in [0.3, 0.4) is 0 Å². The van der Waals surface area contributed by atoms with Gasteiger partial charge in [0.2, 0.25) is 11.8 Å². The molecule has 0 radical (unpaired) electrons. The molecule has 14 heavy (non-hydrogen) atoms. The average Bonchev–Trinajstić information content (AvgIpc) is 2.55. The number of rotatable bonds is 1. The van der Waals surface area contributed by atoms with Gasteiger partial charge in [0.1, 0.15) is 5.92 Å². The number of carboxylic acids is 1. The Labute approximate surface area is 99.6 Å². The molecule has 2 fully saturated rings. The molecule has 0 saturated carbocycles. The first-order chi connectivity index (χ1) is 6.11. The Morgan fingerprint density at radius 2 is 2.14 bits per heavy atom. The molecule has 6 heteroatoms. The van der Waals surface area contributed by atoms with E-state index < -0.39 is 17.8 Å². The van der Waals surface area contributed by atoms with E-state index in [4.69, 9.17) is 5.11 Å². The summed E-state index contributed by atoms with van der Waals surface area (Å²) in [5, 5.41) is 8.67. The summed E-state index contributed by atoms with van der Waals surface area (Å²) in [7, 11) is 0. The smallest absolute Gasteiger partial charge is 1.00 e. The maximum absolute atomic E-state index is 11.4. The van der Waals surface area contributed by atoms with E-state index in [1.165, 1.54) is 0 Å². The van der Waals surface area contributed by atoms with Crippen molar-refractivity contribution in [1.29, 1.82) is 0 Å². The number of amides is 2.